The fourth-order valence-electron chi connectivity index (χ4n) is 3.12. The zero-order valence-electron chi connectivity index (χ0n) is 16.1. The van der Waals surface area contributed by atoms with Gasteiger partial charge in [-0.1, -0.05) is 60.7 Å². The van der Waals surface area contributed by atoms with Crippen molar-refractivity contribution in [3.63, 3.8) is 0 Å². The Balaban J connectivity index is 1.56. The molecule has 0 aliphatic rings. The summed E-state index contributed by atoms with van der Waals surface area (Å²) in [5.41, 5.74) is 3.25. The predicted octanol–water partition coefficient (Wildman–Crippen LogP) is 3.98. The van der Waals surface area contributed by atoms with Crippen molar-refractivity contribution in [1.29, 1.82) is 0 Å². The number of aliphatic hydroxyl groups excluding tert-OH is 2. The minimum absolute atomic E-state index is 0.188. The summed E-state index contributed by atoms with van der Waals surface area (Å²) in [4.78, 5) is 1.97. The highest BCUT2D eigenvalue weighted by Gasteiger charge is 2.15. The van der Waals surface area contributed by atoms with Crippen LogP contribution in [0.5, 0.6) is 5.75 Å². The zero-order chi connectivity index (χ0) is 19.8. The van der Waals surface area contributed by atoms with Crippen LogP contribution in [0.1, 0.15) is 6.92 Å². The molecule has 4 nitrogen and oxygen atoms in total. The number of nitrogens with zero attached hydrogens (tertiary/aromatic N) is 1. The van der Waals surface area contributed by atoms with E-state index in [1.54, 1.807) is 6.92 Å². The Kier molecular flexibility index (Phi) is 7.06. The molecular formula is C24H27NO3. The molecule has 0 saturated carbocycles. The van der Waals surface area contributed by atoms with E-state index >= 15 is 0 Å². The second kappa shape index (κ2) is 9.93. The first-order chi connectivity index (χ1) is 13.6. The van der Waals surface area contributed by atoms with Crippen LogP contribution in [-0.2, 0) is 0 Å². The van der Waals surface area contributed by atoms with E-state index in [4.69, 9.17) is 4.74 Å². The normalized spacial score (nSPS) is 13.0. The molecule has 28 heavy (non-hydrogen) atoms. The van der Waals surface area contributed by atoms with Gasteiger partial charge >= 0.3 is 0 Å². The lowest BCUT2D eigenvalue weighted by Gasteiger charge is -2.28. The number of benzene rings is 3. The fourth-order valence-corrected chi connectivity index (χ4v) is 3.12. The monoisotopic (exact) mass is 377 g/mol. The Hall–Kier alpha value is -2.82. The summed E-state index contributed by atoms with van der Waals surface area (Å²) in [6.45, 7) is 2.77. The molecule has 0 aliphatic heterocycles. The summed E-state index contributed by atoms with van der Waals surface area (Å²) < 4.78 is 5.76. The molecule has 146 valence electrons. The Bertz CT molecular complexity index is 819. The van der Waals surface area contributed by atoms with E-state index < -0.39 is 12.2 Å². The van der Waals surface area contributed by atoms with Crippen LogP contribution in [0.4, 0.5) is 5.69 Å². The SMILES string of the molecule is CC(O)CN(CC(O)COc1ccc(-c2ccccc2)cc1)c1ccccc1. The summed E-state index contributed by atoms with van der Waals surface area (Å²) in [5.74, 6) is 0.723. The molecular weight excluding hydrogens is 350 g/mol. The van der Waals surface area contributed by atoms with Gasteiger partial charge in [-0.3, -0.25) is 0 Å². The van der Waals surface area contributed by atoms with Crippen molar-refractivity contribution in [1.82, 2.24) is 0 Å². The first-order valence-corrected chi connectivity index (χ1v) is 9.56. The minimum Gasteiger partial charge on any atom is -0.491 e. The van der Waals surface area contributed by atoms with Crippen molar-refractivity contribution in [3.8, 4) is 16.9 Å². The molecule has 2 N–H and O–H groups in total. The number of hydrogen-bond acceptors (Lipinski definition) is 4. The molecule has 3 aromatic carbocycles. The third kappa shape index (κ3) is 5.84. The van der Waals surface area contributed by atoms with Crippen molar-refractivity contribution >= 4 is 5.69 Å². The second-order valence-electron chi connectivity index (χ2n) is 6.94. The van der Waals surface area contributed by atoms with Gasteiger partial charge in [0, 0.05) is 18.8 Å². The molecule has 0 amide bonds. The van der Waals surface area contributed by atoms with Crippen LogP contribution >= 0.6 is 0 Å². The molecule has 2 unspecified atom stereocenters. The molecule has 3 rings (SSSR count). The van der Waals surface area contributed by atoms with Crippen LogP contribution in [0, 0.1) is 0 Å². The lowest BCUT2D eigenvalue weighted by Crippen LogP contribution is -2.39. The van der Waals surface area contributed by atoms with E-state index in [1.165, 1.54) is 0 Å². The maximum atomic E-state index is 10.4. The third-order valence-electron chi connectivity index (χ3n) is 4.44. The number of rotatable bonds is 9. The van der Waals surface area contributed by atoms with Gasteiger partial charge in [0.05, 0.1) is 6.10 Å². The van der Waals surface area contributed by atoms with Crippen LogP contribution in [0.3, 0.4) is 0 Å². The molecule has 3 aromatic rings. The van der Waals surface area contributed by atoms with Gasteiger partial charge in [-0.15, -0.1) is 0 Å². The largest absolute Gasteiger partial charge is 0.491 e. The Morgan fingerprint density at radius 2 is 1.32 bits per heavy atom. The van der Waals surface area contributed by atoms with E-state index in [-0.39, 0.29) is 6.61 Å². The van der Waals surface area contributed by atoms with Crippen molar-refractivity contribution in [2.24, 2.45) is 0 Å². The molecule has 0 bridgehead atoms. The lowest BCUT2D eigenvalue weighted by atomic mass is 10.1. The van der Waals surface area contributed by atoms with Crippen LogP contribution in [0.15, 0.2) is 84.9 Å². The average Bonchev–Trinajstić information content (AvgIpc) is 2.73. The summed E-state index contributed by atoms with van der Waals surface area (Å²) in [6, 6.07) is 27.8. The quantitative estimate of drug-likeness (QED) is 0.592. The fraction of sp³-hybridized carbons (Fsp3) is 0.250. The Morgan fingerprint density at radius 3 is 1.93 bits per heavy atom. The average molecular weight is 377 g/mol. The summed E-state index contributed by atoms with van der Waals surface area (Å²) in [6.07, 6.45) is -1.16. The van der Waals surface area contributed by atoms with E-state index in [1.807, 2.05) is 77.7 Å². The summed E-state index contributed by atoms with van der Waals surface area (Å²) >= 11 is 0. The second-order valence-corrected chi connectivity index (χ2v) is 6.94. The zero-order valence-corrected chi connectivity index (χ0v) is 16.1. The molecule has 0 radical (unpaired) electrons. The Labute approximate surface area is 166 Å². The van der Waals surface area contributed by atoms with Crippen molar-refractivity contribution in [2.45, 2.75) is 19.1 Å². The van der Waals surface area contributed by atoms with Crippen molar-refractivity contribution < 1.29 is 14.9 Å². The minimum atomic E-state index is -0.673. The molecule has 0 aliphatic carbocycles. The molecule has 0 heterocycles. The van der Waals surface area contributed by atoms with Gasteiger partial charge in [0.15, 0.2) is 0 Å². The van der Waals surface area contributed by atoms with E-state index in [2.05, 4.69) is 12.1 Å². The van der Waals surface area contributed by atoms with Gasteiger partial charge in [0.1, 0.15) is 18.5 Å². The highest BCUT2D eigenvalue weighted by molar-refractivity contribution is 5.63. The molecule has 0 aromatic heterocycles. The molecule has 2 atom stereocenters. The maximum Gasteiger partial charge on any atom is 0.119 e. The van der Waals surface area contributed by atoms with Gasteiger partial charge in [-0.2, -0.15) is 0 Å². The standard InChI is InChI=1S/C24H27NO3/c1-19(26)16-25(22-10-6-3-7-11-22)17-23(27)18-28-24-14-12-21(13-15-24)20-8-4-2-5-9-20/h2-15,19,23,26-27H,16-18H2,1H3. The van der Waals surface area contributed by atoms with E-state index in [0.717, 1.165) is 22.6 Å². The summed E-state index contributed by atoms with van der Waals surface area (Å²) in [5, 5.41) is 20.2. The highest BCUT2D eigenvalue weighted by atomic mass is 16.5. The first-order valence-electron chi connectivity index (χ1n) is 9.56. The van der Waals surface area contributed by atoms with Crippen LogP contribution in [-0.4, -0.2) is 42.1 Å². The highest BCUT2D eigenvalue weighted by Crippen LogP contribution is 2.22. The van der Waals surface area contributed by atoms with Gasteiger partial charge in [-0.05, 0) is 42.3 Å². The van der Waals surface area contributed by atoms with Gasteiger partial charge < -0.3 is 19.8 Å². The number of hydrogen-bond donors (Lipinski definition) is 2. The number of aliphatic hydroxyl groups is 2. The van der Waals surface area contributed by atoms with Crippen LogP contribution < -0.4 is 9.64 Å². The number of para-hydroxylation sites is 1. The molecule has 0 fully saturated rings. The summed E-state index contributed by atoms with van der Waals surface area (Å²) in [7, 11) is 0. The van der Waals surface area contributed by atoms with E-state index in [9.17, 15) is 10.2 Å². The molecule has 0 saturated heterocycles. The van der Waals surface area contributed by atoms with Gasteiger partial charge in [0.25, 0.3) is 0 Å². The number of ether oxygens (including phenoxy) is 1. The number of anilines is 1. The van der Waals surface area contributed by atoms with Crippen molar-refractivity contribution in [3.05, 3.63) is 84.9 Å². The van der Waals surface area contributed by atoms with Crippen LogP contribution in [0.25, 0.3) is 11.1 Å². The topological polar surface area (TPSA) is 52.9 Å². The maximum absolute atomic E-state index is 10.4. The lowest BCUT2D eigenvalue weighted by molar-refractivity contribution is 0.109. The third-order valence-corrected chi connectivity index (χ3v) is 4.44. The molecule has 4 heteroatoms. The van der Waals surface area contributed by atoms with E-state index in [0.29, 0.717) is 13.1 Å². The molecule has 0 spiro atoms. The predicted molar refractivity (Wildman–Crippen MR) is 114 cm³/mol. The van der Waals surface area contributed by atoms with Gasteiger partial charge in [-0.25, -0.2) is 0 Å². The first kappa shape index (κ1) is 19.9. The van der Waals surface area contributed by atoms with Crippen LogP contribution in [0.2, 0.25) is 0 Å². The smallest absolute Gasteiger partial charge is 0.119 e. The van der Waals surface area contributed by atoms with Gasteiger partial charge in [0.2, 0.25) is 0 Å². The van der Waals surface area contributed by atoms with Crippen molar-refractivity contribution in [2.75, 3.05) is 24.6 Å². The Morgan fingerprint density at radius 1 is 0.750 bits per heavy atom.